The first-order valence-corrected chi connectivity index (χ1v) is 9.65. The quantitative estimate of drug-likeness (QED) is 0.646. The molecule has 0 fully saturated rings. The van der Waals surface area contributed by atoms with Gasteiger partial charge in [-0.3, -0.25) is 10.1 Å². The van der Waals surface area contributed by atoms with Gasteiger partial charge in [-0.25, -0.2) is 4.68 Å². The second kappa shape index (κ2) is 8.36. The smallest absolute Gasteiger partial charge is 0.269 e. The van der Waals surface area contributed by atoms with Crippen molar-refractivity contribution in [1.29, 1.82) is 0 Å². The standard InChI is InChI=1S/C22H24N4O3/c1-3-29-18-9-4-6-15(10-18)13-23-21-14-24-22(27)20-12-19(25-26(20)21)16-7-5-8-17(11-16)28-2/h4-12,21,23H,3,13-14H2,1-2H3,(H,24,27)/t21-/m0/s1. The zero-order valence-electron chi connectivity index (χ0n) is 16.5. The lowest BCUT2D eigenvalue weighted by Crippen LogP contribution is -2.45. The van der Waals surface area contributed by atoms with Crippen LogP contribution in [-0.4, -0.2) is 35.9 Å². The topological polar surface area (TPSA) is 77.4 Å². The number of ether oxygens (including phenoxy) is 2. The van der Waals surface area contributed by atoms with E-state index in [1.165, 1.54) is 0 Å². The number of hydrogen-bond acceptors (Lipinski definition) is 5. The molecule has 1 aromatic heterocycles. The molecular formula is C22H24N4O3. The fourth-order valence-electron chi connectivity index (χ4n) is 3.40. The van der Waals surface area contributed by atoms with Crippen molar-refractivity contribution in [1.82, 2.24) is 20.4 Å². The molecule has 0 unspecified atom stereocenters. The van der Waals surface area contributed by atoms with E-state index < -0.39 is 0 Å². The number of fused-ring (bicyclic) bond motifs is 1. The van der Waals surface area contributed by atoms with Crippen LogP contribution in [0.2, 0.25) is 0 Å². The summed E-state index contributed by atoms with van der Waals surface area (Å²) in [6.45, 7) is 3.70. The van der Waals surface area contributed by atoms with Gasteiger partial charge in [0.05, 0.1) is 26.0 Å². The number of hydrogen-bond donors (Lipinski definition) is 2. The van der Waals surface area contributed by atoms with Crippen molar-refractivity contribution in [3.8, 4) is 22.8 Å². The van der Waals surface area contributed by atoms with Gasteiger partial charge in [0.15, 0.2) is 0 Å². The average Bonchev–Trinajstić information content (AvgIpc) is 3.21. The highest BCUT2D eigenvalue weighted by atomic mass is 16.5. The molecule has 29 heavy (non-hydrogen) atoms. The molecule has 0 spiro atoms. The number of carbonyl (C=O) groups excluding carboxylic acids is 1. The zero-order valence-corrected chi connectivity index (χ0v) is 16.5. The third kappa shape index (κ3) is 4.09. The first-order chi connectivity index (χ1) is 14.2. The van der Waals surface area contributed by atoms with Gasteiger partial charge in [-0.15, -0.1) is 0 Å². The number of benzene rings is 2. The van der Waals surface area contributed by atoms with E-state index in [1.54, 1.807) is 11.8 Å². The Bertz CT molecular complexity index is 1010. The Labute approximate surface area is 169 Å². The van der Waals surface area contributed by atoms with Crippen molar-refractivity contribution in [2.45, 2.75) is 19.6 Å². The van der Waals surface area contributed by atoms with E-state index in [9.17, 15) is 4.79 Å². The molecule has 3 aromatic rings. The van der Waals surface area contributed by atoms with Crippen LogP contribution >= 0.6 is 0 Å². The SMILES string of the molecule is CCOc1cccc(CN[C@@H]2CNC(=O)c3cc(-c4cccc(OC)c4)nn32)c1. The van der Waals surface area contributed by atoms with Gasteiger partial charge in [0, 0.05) is 12.1 Å². The Morgan fingerprint density at radius 1 is 1.17 bits per heavy atom. The van der Waals surface area contributed by atoms with Gasteiger partial charge in [-0.05, 0) is 42.8 Å². The summed E-state index contributed by atoms with van der Waals surface area (Å²) in [6.07, 6.45) is -0.141. The fraction of sp³-hybridized carbons (Fsp3) is 0.273. The predicted molar refractivity (Wildman–Crippen MR) is 110 cm³/mol. The van der Waals surface area contributed by atoms with Gasteiger partial charge in [-0.2, -0.15) is 5.10 Å². The van der Waals surface area contributed by atoms with Gasteiger partial charge >= 0.3 is 0 Å². The van der Waals surface area contributed by atoms with E-state index in [-0.39, 0.29) is 12.1 Å². The second-order valence-corrected chi connectivity index (χ2v) is 6.78. The third-order valence-corrected chi connectivity index (χ3v) is 4.84. The van der Waals surface area contributed by atoms with E-state index in [1.807, 2.05) is 61.5 Å². The Morgan fingerprint density at radius 2 is 2.00 bits per heavy atom. The van der Waals surface area contributed by atoms with Crippen LogP contribution in [0.15, 0.2) is 54.6 Å². The number of amides is 1. The zero-order chi connectivity index (χ0) is 20.2. The molecule has 7 nitrogen and oxygen atoms in total. The molecule has 4 rings (SSSR count). The van der Waals surface area contributed by atoms with Crippen LogP contribution in [0.25, 0.3) is 11.3 Å². The number of nitrogens with one attached hydrogen (secondary N) is 2. The molecule has 7 heteroatoms. The molecule has 0 saturated carbocycles. The van der Waals surface area contributed by atoms with E-state index in [2.05, 4.69) is 10.6 Å². The minimum Gasteiger partial charge on any atom is -0.497 e. The highest BCUT2D eigenvalue weighted by molar-refractivity contribution is 5.94. The second-order valence-electron chi connectivity index (χ2n) is 6.78. The third-order valence-electron chi connectivity index (χ3n) is 4.84. The fourth-order valence-corrected chi connectivity index (χ4v) is 3.40. The maximum atomic E-state index is 12.3. The van der Waals surface area contributed by atoms with Crippen molar-refractivity contribution < 1.29 is 14.3 Å². The van der Waals surface area contributed by atoms with Crippen molar-refractivity contribution in [3.63, 3.8) is 0 Å². The van der Waals surface area contributed by atoms with Crippen LogP contribution in [-0.2, 0) is 6.54 Å². The summed E-state index contributed by atoms with van der Waals surface area (Å²) in [5, 5.41) is 11.1. The molecular weight excluding hydrogens is 368 g/mol. The molecule has 2 heterocycles. The summed E-state index contributed by atoms with van der Waals surface area (Å²) in [4.78, 5) is 12.3. The van der Waals surface area contributed by atoms with Crippen LogP contribution in [0.1, 0.15) is 29.1 Å². The van der Waals surface area contributed by atoms with Gasteiger partial charge in [0.25, 0.3) is 5.91 Å². The first kappa shape index (κ1) is 19.0. The molecule has 1 aliphatic rings. The average molecular weight is 392 g/mol. The van der Waals surface area contributed by atoms with E-state index in [0.717, 1.165) is 28.3 Å². The monoisotopic (exact) mass is 392 g/mol. The Hall–Kier alpha value is -3.32. The molecule has 0 bridgehead atoms. The summed E-state index contributed by atoms with van der Waals surface area (Å²) in [7, 11) is 1.63. The maximum absolute atomic E-state index is 12.3. The lowest BCUT2D eigenvalue weighted by Gasteiger charge is -2.26. The number of rotatable bonds is 7. The van der Waals surface area contributed by atoms with Gasteiger partial charge in [0.1, 0.15) is 23.4 Å². The minimum atomic E-state index is -0.141. The molecule has 150 valence electrons. The molecule has 2 N–H and O–H groups in total. The molecule has 1 atom stereocenters. The Balaban J connectivity index is 1.55. The highest BCUT2D eigenvalue weighted by Gasteiger charge is 2.27. The van der Waals surface area contributed by atoms with E-state index in [0.29, 0.717) is 25.4 Å². The molecule has 2 aromatic carbocycles. The van der Waals surface area contributed by atoms with Crippen LogP contribution in [0.3, 0.4) is 0 Å². The molecule has 0 saturated heterocycles. The van der Waals surface area contributed by atoms with Crippen LogP contribution < -0.4 is 20.1 Å². The van der Waals surface area contributed by atoms with E-state index in [4.69, 9.17) is 14.6 Å². The predicted octanol–water partition coefficient (Wildman–Crippen LogP) is 2.99. The lowest BCUT2D eigenvalue weighted by molar-refractivity contribution is 0.0900. The van der Waals surface area contributed by atoms with Crippen molar-refractivity contribution in [2.24, 2.45) is 0 Å². The largest absolute Gasteiger partial charge is 0.497 e. The van der Waals surface area contributed by atoms with Crippen molar-refractivity contribution in [2.75, 3.05) is 20.3 Å². The summed E-state index contributed by atoms with van der Waals surface area (Å²) < 4.78 is 12.6. The molecule has 0 radical (unpaired) electrons. The number of methoxy groups -OCH3 is 1. The number of nitrogens with zero attached hydrogens (tertiary/aromatic N) is 2. The summed E-state index contributed by atoms with van der Waals surface area (Å²) in [5.41, 5.74) is 3.28. The van der Waals surface area contributed by atoms with Gasteiger partial charge in [-0.1, -0.05) is 24.3 Å². The van der Waals surface area contributed by atoms with Crippen LogP contribution in [0.5, 0.6) is 11.5 Å². The van der Waals surface area contributed by atoms with Gasteiger partial charge < -0.3 is 14.8 Å². The first-order valence-electron chi connectivity index (χ1n) is 9.65. The summed E-state index contributed by atoms with van der Waals surface area (Å²) >= 11 is 0. The van der Waals surface area contributed by atoms with Gasteiger partial charge in [0.2, 0.25) is 0 Å². The summed E-state index contributed by atoms with van der Waals surface area (Å²) in [5.74, 6) is 1.48. The van der Waals surface area contributed by atoms with Crippen LogP contribution in [0, 0.1) is 0 Å². The van der Waals surface area contributed by atoms with Crippen molar-refractivity contribution in [3.05, 3.63) is 65.9 Å². The Morgan fingerprint density at radius 3 is 2.83 bits per heavy atom. The molecule has 1 amide bonds. The maximum Gasteiger partial charge on any atom is 0.269 e. The number of carbonyl (C=O) groups is 1. The summed E-state index contributed by atoms with van der Waals surface area (Å²) in [6, 6.07) is 17.5. The lowest BCUT2D eigenvalue weighted by atomic mass is 10.1. The number of aromatic nitrogens is 2. The van der Waals surface area contributed by atoms with Crippen LogP contribution in [0.4, 0.5) is 0 Å². The minimum absolute atomic E-state index is 0.122. The highest BCUT2D eigenvalue weighted by Crippen LogP contribution is 2.26. The van der Waals surface area contributed by atoms with E-state index >= 15 is 0 Å². The molecule has 0 aliphatic carbocycles. The van der Waals surface area contributed by atoms with Crippen molar-refractivity contribution >= 4 is 5.91 Å². The Kier molecular flexibility index (Phi) is 5.48. The normalized spacial score (nSPS) is 15.5. The molecule has 1 aliphatic heterocycles.